The molecule has 0 saturated carbocycles. The largest absolute Gasteiger partial charge is 0.507 e. The SMILES string of the molecule is Cc1cc(/N=N/c2cc3cnccc3cc2C(=O)Oc2ccc(F)cc2)cc(C)c1O. The Bertz CT molecular complexity index is 1290. The number of benzene rings is 3. The van der Waals surface area contributed by atoms with Gasteiger partial charge >= 0.3 is 5.97 Å². The van der Waals surface area contributed by atoms with Gasteiger partial charge in [-0.25, -0.2) is 9.18 Å². The first-order valence-electron chi connectivity index (χ1n) is 9.48. The van der Waals surface area contributed by atoms with Gasteiger partial charge < -0.3 is 9.84 Å². The lowest BCUT2D eigenvalue weighted by molar-refractivity contribution is 0.0735. The lowest BCUT2D eigenvalue weighted by atomic mass is 10.1. The van der Waals surface area contributed by atoms with Crippen LogP contribution in [0.4, 0.5) is 15.8 Å². The summed E-state index contributed by atoms with van der Waals surface area (Å²) in [6, 6.07) is 13.7. The van der Waals surface area contributed by atoms with Crippen LogP contribution in [0.5, 0.6) is 11.5 Å². The van der Waals surface area contributed by atoms with E-state index in [2.05, 4.69) is 15.2 Å². The molecule has 4 aromatic rings. The molecule has 6 nitrogen and oxygen atoms in total. The van der Waals surface area contributed by atoms with Crippen LogP contribution >= 0.6 is 0 Å². The van der Waals surface area contributed by atoms with Gasteiger partial charge in [0.15, 0.2) is 0 Å². The number of rotatable bonds is 4. The maximum absolute atomic E-state index is 13.1. The number of esters is 1. The summed E-state index contributed by atoms with van der Waals surface area (Å²) in [6.07, 6.45) is 3.29. The highest BCUT2D eigenvalue weighted by Crippen LogP contribution is 2.31. The van der Waals surface area contributed by atoms with Crippen LogP contribution in [0.15, 0.2) is 77.2 Å². The van der Waals surface area contributed by atoms with Gasteiger partial charge in [0.25, 0.3) is 0 Å². The fraction of sp³-hybridized carbons (Fsp3) is 0.0833. The smallest absolute Gasteiger partial charge is 0.345 e. The van der Waals surface area contributed by atoms with Crippen LogP contribution in [-0.2, 0) is 0 Å². The molecule has 0 spiro atoms. The number of fused-ring (bicyclic) bond motifs is 1. The highest BCUT2D eigenvalue weighted by Gasteiger charge is 2.16. The quantitative estimate of drug-likeness (QED) is 0.240. The third-order valence-electron chi connectivity index (χ3n) is 4.75. The summed E-state index contributed by atoms with van der Waals surface area (Å²) in [6.45, 7) is 3.54. The molecule has 0 radical (unpaired) electrons. The summed E-state index contributed by atoms with van der Waals surface area (Å²) < 4.78 is 18.5. The van der Waals surface area contributed by atoms with Gasteiger partial charge in [-0.2, -0.15) is 5.11 Å². The van der Waals surface area contributed by atoms with Gasteiger partial charge in [0.2, 0.25) is 0 Å². The van der Waals surface area contributed by atoms with E-state index in [4.69, 9.17) is 4.74 Å². The van der Waals surface area contributed by atoms with E-state index < -0.39 is 11.8 Å². The lowest BCUT2D eigenvalue weighted by Crippen LogP contribution is -2.09. The second-order valence-electron chi connectivity index (χ2n) is 7.06. The van der Waals surface area contributed by atoms with Crippen LogP contribution in [0.1, 0.15) is 21.5 Å². The number of hydrogen-bond acceptors (Lipinski definition) is 6. The average Bonchev–Trinajstić information content (AvgIpc) is 2.76. The van der Waals surface area contributed by atoms with Crippen molar-refractivity contribution in [1.82, 2.24) is 4.98 Å². The van der Waals surface area contributed by atoms with Gasteiger partial charge in [0, 0.05) is 17.8 Å². The minimum absolute atomic E-state index is 0.207. The number of ether oxygens (including phenoxy) is 1. The molecule has 7 heteroatoms. The van der Waals surface area contributed by atoms with Crippen molar-refractivity contribution in [1.29, 1.82) is 0 Å². The van der Waals surface area contributed by atoms with Gasteiger partial charge in [0.1, 0.15) is 23.0 Å². The van der Waals surface area contributed by atoms with Crippen molar-refractivity contribution in [3.63, 3.8) is 0 Å². The van der Waals surface area contributed by atoms with Gasteiger partial charge in [-0.05, 0) is 85.0 Å². The van der Waals surface area contributed by atoms with Gasteiger partial charge in [0.05, 0.1) is 11.3 Å². The van der Waals surface area contributed by atoms with Crippen molar-refractivity contribution in [3.8, 4) is 11.5 Å². The molecule has 3 aromatic carbocycles. The fourth-order valence-corrected chi connectivity index (χ4v) is 3.14. The van der Waals surface area contributed by atoms with Crippen LogP contribution in [-0.4, -0.2) is 16.1 Å². The lowest BCUT2D eigenvalue weighted by Gasteiger charge is -2.08. The number of aromatic nitrogens is 1. The first kappa shape index (κ1) is 20.2. The molecule has 0 atom stereocenters. The Labute approximate surface area is 177 Å². The second kappa shape index (κ2) is 8.31. The molecule has 0 aliphatic heterocycles. The fourth-order valence-electron chi connectivity index (χ4n) is 3.14. The molecule has 1 N–H and O–H groups in total. The summed E-state index contributed by atoms with van der Waals surface area (Å²) in [5, 5.41) is 20.0. The predicted molar refractivity (Wildman–Crippen MR) is 115 cm³/mol. The predicted octanol–water partition coefficient (Wildman–Crippen LogP) is 6.33. The molecule has 0 fully saturated rings. The molecule has 1 heterocycles. The molecule has 0 amide bonds. The molecule has 0 aliphatic carbocycles. The average molecular weight is 415 g/mol. The summed E-state index contributed by atoms with van der Waals surface area (Å²) in [7, 11) is 0. The highest BCUT2D eigenvalue weighted by atomic mass is 19.1. The number of phenols is 1. The first-order chi connectivity index (χ1) is 14.9. The Morgan fingerprint density at radius 2 is 1.68 bits per heavy atom. The first-order valence-corrected chi connectivity index (χ1v) is 9.48. The summed E-state index contributed by atoms with van der Waals surface area (Å²) >= 11 is 0. The molecular weight excluding hydrogens is 397 g/mol. The number of phenolic OH excluding ortho intramolecular Hbond substituents is 1. The third-order valence-corrected chi connectivity index (χ3v) is 4.75. The standard InChI is InChI=1S/C24H18FN3O3/c1-14-9-19(10-15(2)23(14)29)27-28-22-12-17-13-26-8-7-16(17)11-21(22)24(30)31-20-5-3-18(25)4-6-20/h3-13,29H,1-2H3/b28-27+. The zero-order chi connectivity index (χ0) is 22.0. The Morgan fingerprint density at radius 3 is 2.39 bits per heavy atom. The van der Waals surface area contributed by atoms with Crippen molar-refractivity contribution < 1.29 is 19.0 Å². The molecule has 0 aliphatic rings. The van der Waals surface area contributed by atoms with Crippen LogP contribution < -0.4 is 4.74 Å². The number of halogens is 1. The molecule has 1 aromatic heterocycles. The Hall–Kier alpha value is -4.13. The number of azo groups is 1. The van der Waals surface area contributed by atoms with Crippen LogP contribution in [0.2, 0.25) is 0 Å². The van der Waals surface area contributed by atoms with Crippen molar-refractivity contribution >= 4 is 28.1 Å². The number of carbonyl (C=O) groups excluding carboxylic acids is 1. The monoisotopic (exact) mass is 415 g/mol. The summed E-state index contributed by atoms with van der Waals surface area (Å²) in [4.78, 5) is 17.0. The van der Waals surface area contributed by atoms with E-state index in [1.54, 1.807) is 56.6 Å². The van der Waals surface area contributed by atoms with Crippen molar-refractivity contribution in [3.05, 3.63) is 89.5 Å². The molecule has 154 valence electrons. The highest BCUT2D eigenvalue weighted by molar-refractivity contribution is 6.01. The third kappa shape index (κ3) is 4.40. The number of aryl methyl sites for hydroxylation is 2. The zero-order valence-corrected chi connectivity index (χ0v) is 16.8. The molecular formula is C24H18FN3O3. The summed E-state index contributed by atoms with van der Waals surface area (Å²) in [5.41, 5.74) is 2.40. The van der Waals surface area contributed by atoms with E-state index in [9.17, 15) is 14.3 Å². The van der Waals surface area contributed by atoms with Gasteiger partial charge in [-0.3, -0.25) is 4.98 Å². The van der Waals surface area contributed by atoms with E-state index in [0.29, 0.717) is 22.5 Å². The molecule has 31 heavy (non-hydrogen) atoms. The van der Waals surface area contributed by atoms with E-state index in [1.807, 2.05) is 0 Å². The Morgan fingerprint density at radius 1 is 0.968 bits per heavy atom. The maximum Gasteiger partial charge on any atom is 0.345 e. The van der Waals surface area contributed by atoms with Crippen molar-refractivity contribution in [2.45, 2.75) is 13.8 Å². The normalized spacial score (nSPS) is 11.2. The maximum atomic E-state index is 13.1. The van der Waals surface area contributed by atoms with Gasteiger partial charge in [-0.15, -0.1) is 5.11 Å². The van der Waals surface area contributed by atoms with E-state index in [1.165, 1.54) is 24.3 Å². The molecule has 0 bridgehead atoms. The number of aromatic hydroxyl groups is 1. The second-order valence-corrected chi connectivity index (χ2v) is 7.06. The number of hydrogen-bond donors (Lipinski definition) is 1. The molecule has 0 unspecified atom stereocenters. The molecule has 4 rings (SSSR count). The van der Waals surface area contributed by atoms with E-state index >= 15 is 0 Å². The van der Waals surface area contributed by atoms with E-state index in [0.717, 1.165) is 10.8 Å². The molecule has 0 saturated heterocycles. The van der Waals surface area contributed by atoms with Crippen molar-refractivity contribution in [2.75, 3.05) is 0 Å². The Kier molecular flexibility index (Phi) is 5.41. The van der Waals surface area contributed by atoms with Crippen LogP contribution in [0.3, 0.4) is 0 Å². The van der Waals surface area contributed by atoms with E-state index in [-0.39, 0.29) is 17.1 Å². The minimum atomic E-state index is -0.641. The van der Waals surface area contributed by atoms with Crippen molar-refractivity contribution in [2.24, 2.45) is 10.2 Å². The summed E-state index contributed by atoms with van der Waals surface area (Å²) in [5.74, 6) is -0.641. The number of pyridine rings is 1. The minimum Gasteiger partial charge on any atom is -0.507 e. The topological polar surface area (TPSA) is 84.1 Å². The Balaban J connectivity index is 1.74. The van der Waals surface area contributed by atoms with Gasteiger partial charge in [-0.1, -0.05) is 0 Å². The van der Waals surface area contributed by atoms with Crippen LogP contribution in [0.25, 0.3) is 10.8 Å². The zero-order valence-electron chi connectivity index (χ0n) is 16.8. The number of nitrogens with zero attached hydrogens (tertiary/aromatic N) is 3. The number of carbonyl (C=O) groups is 1. The van der Waals surface area contributed by atoms with Crippen LogP contribution in [0, 0.1) is 19.7 Å².